The van der Waals surface area contributed by atoms with Gasteiger partial charge in [-0.15, -0.1) is 0 Å². The molecule has 3 aromatic carbocycles. The van der Waals surface area contributed by atoms with Gasteiger partial charge in [-0.2, -0.15) is 5.10 Å². The van der Waals surface area contributed by atoms with E-state index in [0.717, 1.165) is 22.4 Å². The molecule has 0 spiro atoms. The van der Waals surface area contributed by atoms with Crippen LogP contribution in [0.5, 0.6) is 11.5 Å². The van der Waals surface area contributed by atoms with Crippen molar-refractivity contribution >= 4 is 17.7 Å². The summed E-state index contributed by atoms with van der Waals surface area (Å²) in [5.74, 6) is 1.05. The van der Waals surface area contributed by atoms with Crippen LogP contribution in [0.15, 0.2) is 84.0 Å². The van der Waals surface area contributed by atoms with Gasteiger partial charge in [0.1, 0.15) is 0 Å². The first-order valence-electron chi connectivity index (χ1n) is 10.5. The van der Waals surface area contributed by atoms with Gasteiger partial charge < -0.3 is 9.47 Å². The summed E-state index contributed by atoms with van der Waals surface area (Å²) in [5.41, 5.74) is 4.86. The zero-order valence-corrected chi connectivity index (χ0v) is 18.5. The molecule has 4 rings (SSSR count). The molecule has 1 aliphatic rings. The summed E-state index contributed by atoms with van der Waals surface area (Å²) < 4.78 is 11.1. The van der Waals surface area contributed by atoms with E-state index in [1.54, 1.807) is 25.3 Å². The monoisotopic (exact) mass is 426 g/mol. The second-order valence-corrected chi connectivity index (χ2v) is 7.64. The predicted molar refractivity (Wildman–Crippen MR) is 127 cm³/mol. The minimum absolute atomic E-state index is 0.189. The number of aryl methyl sites for hydroxylation is 1. The van der Waals surface area contributed by atoms with E-state index in [2.05, 4.69) is 12.1 Å². The van der Waals surface area contributed by atoms with E-state index < -0.39 is 0 Å². The molecule has 0 bridgehead atoms. The van der Waals surface area contributed by atoms with Gasteiger partial charge in [-0.25, -0.2) is 5.01 Å². The van der Waals surface area contributed by atoms with Crippen LogP contribution >= 0.6 is 0 Å². The Morgan fingerprint density at radius 2 is 1.72 bits per heavy atom. The van der Waals surface area contributed by atoms with Crippen molar-refractivity contribution in [3.63, 3.8) is 0 Å². The van der Waals surface area contributed by atoms with E-state index in [9.17, 15) is 4.79 Å². The number of hydrogen-bond donors (Lipinski definition) is 0. The molecule has 5 heteroatoms. The van der Waals surface area contributed by atoms with Crippen LogP contribution in [0.1, 0.15) is 34.7 Å². The first-order chi connectivity index (χ1) is 15.6. The first-order valence-corrected chi connectivity index (χ1v) is 10.5. The number of hydrogen-bond acceptors (Lipinski definition) is 4. The zero-order valence-electron chi connectivity index (χ0n) is 18.5. The predicted octanol–water partition coefficient (Wildman–Crippen LogP) is 5.40. The van der Waals surface area contributed by atoms with Crippen LogP contribution in [0.3, 0.4) is 0 Å². The Morgan fingerprint density at radius 3 is 2.41 bits per heavy atom. The van der Waals surface area contributed by atoms with Gasteiger partial charge in [-0.05, 0) is 30.2 Å². The highest BCUT2D eigenvalue weighted by atomic mass is 16.5. The second-order valence-electron chi connectivity index (χ2n) is 7.64. The van der Waals surface area contributed by atoms with E-state index in [1.165, 1.54) is 5.56 Å². The van der Waals surface area contributed by atoms with Crippen molar-refractivity contribution in [2.24, 2.45) is 5.10 Å². The maximum absolute atomic E-state index is 13.2. The van der Waals surface area contributed by atoms with Crippen molar-refractivity contribution in [3.8, 4) is 11.5 Å². The van der Waals surface area contributed by atoms with E-state index in [1.807, 2.05) is 73.7 Å². The summed E-state index contributed by atoms with van der Waals surface area (Å²) in [6.07, 6.45) is 3.95. The number of hydrazone groups is 1. The van der Waals surface area contributed by atoms with Gasteiger partial charge in [0.05, 0.1) is 26.0 Å². The van der Waals surface area contributed by atoms with Gasteiger partial charge in [-0.3, -0.25) is 4.79 Å². The summed E-state index contributed by atoms with van der Waals surface area (Å²) in [5, 5.41) is 6.29. The topological polar surface area (TPSA) is 51.1 Å². The van der Waals surface area contributed by atoms with Crippen LogP contribution in [-0.4, -0.2) is 30.8 Å². The third-order valence-electron chi connectivity index (χ3n) is 5.53. The van der Waals surface area contributed by atoms with Crippen LogP contribution in [0.4, 0.5) is 0 Å². The average molecular weight is 427 g/mol. The number of methoxy groups -OCH3 is 2. The summed E-state index contributed by atoms with van der Waals surface area (Å²) in [6.45, 7) is 2.05. The molecule has 1 atom stereocenters. The summed E-state index contributed by atoms with van der Waals surface area (Å²) in [4.78, 5) is 13.2. The fraction of sp³-hybridized carbons (Fsp3) is 0.185. The Hall–Kier alpha value is -3.86. The lowest BCUT2D eigenvalue weighted by Crippen LogP contribution is -2.25. The molecular formula is C27H26N2O3. The molecule has 1 aliphatic heterocycles. The summed E-state index contributed by atoms with van der Waals surface area (Å²) >= 11 is 0. The molecule has 0 unspecified atom stereocenters. The van der Waals surface area contributed by atoms with Gasteiger partial charge in [0.25, 0.3) is 5.91 Å². The van der Waals surface area contributed by atoms with Crippen molar-refractivity contribution in [1.82, 2.24) is 5.01 Å². The molecule has 0 aliphatic carbocycles. The number of amides is 1. The fourth-order valence-corrected chi connectivity index (χ4v) is 3.86. The maximum Gasteiger partial charge on any atom is 0.267 e. The molecule has 162 valence electrons. The van der Waals surface area contributed by atoms with E-state index in [4.69, 9.17) is 14.6 Å². The molecule has 3 aromatic rings. The van der Waals surface area contributed by atoms with Crippen molar-refractivity contribution < 1.29 is 14.3 Å². The van der Waals surface area contributed by atoms with Gasteiger partial charge >= 0.3 is 0 Å². The molecule has 0 saturated heterocycles. The molecule has 1 amide bonds. The number of ether oxygens (including phenoxy) is 2. The molecule has 1 heterocycles. The summed E-state index contributed by atoms with van der Waals surface area (Å²) in [6, 6.07) is 23.3. The number of benzene rings is 3. The summed E-state index contributed by atoms with van der Waals surface area (Å²) in [7, 11) is 3.22. The Labute approximate surface area is 188 Å². The average Bonchev–Trinajstić information content (AvgIpc) is 3.28. The zero-order chi connectivity index (χ0) is 22.5. The lowest BCUT2D eigenvalue weighted by atomic mass is 9.97. The minimum Gasteiger partial charge on any atom is -0.493 e. The van der Waals surface area contributed by atoms with Gasteiger partial charge in [0.2, 0.25) is 0 Å². The van der Waals surface area contributed by atoms with Gasteiger partial charge in [-0.1, -0.05) is 72.3 Å². The van der Waals surface area contributed by atoms with E-state index in [-0.39, 0.29) is 11.9 Å². The lowest BCUT2D eigenvalue weighted by molar-refractivity contribution is -0.127. The Balaban J connectivity index is 1.72. The number of para-hydroxylation sites is 1. The Bertz CT molecular complexity index is 1150. The normalized spacial score (nSPS) is 15.7. The highest BCUT2D eigenvalue weighted by Gasteiger charge is 2.34. The quantitative estimate of drug-likeness (QED) is 0.496. The highest BCUT2D eigenvalue weighted by molar-refractivity contribution is 6.04. The molecule has 32 heavy (non-hydrogen) atoms. The first kappa shape index (κ1) is 21.4. The molecule has 0 aromatic heterocycles. The van der Waals surface area contributed by atoms with Crippen LogP contribution in [-0.2, 0) is 4.79 Å². The Morgan fingerprint density at radius 1 is 0.969 bits per heavy atom. The SMILES string of the molecule is COc1cccc([C@H]2CC(c3ccc(C)cc3)=NN2C(=O)/C=C/c2ccccc2)c1OC. The van der Waals surface area contributed by atoms with E-state index in [0.29, 0.717) is 17.9 Å². The smallest absolute Gasteiger partial charge is 0.267 e. The number of nitrogens with zero attached hydrogens (tertiary/aromatic N) is 2. The largest absolute Gasteiger partial charge is 0.493 e. The molecule has 0 saturated carbocycles. The highest BCUT2D eigenvalue weighted by Crippen LogP contribution is 2.41. The van der Waals surface area contributed by atoms with E-state index >= 15 is 0 Å². The molecule has 0 N–H and O–H groups in total. The maximum atomic E-state index is 13.2. The van der Waals surface area contributed by atoms with Crippen molar-refractivity contribution in [2.75, 3.05) is 14.2 Å². The Kier molecular flexibility index (Phi) is 6.36. The van der Waals surface area contributed by atoms with Crippen molar-refractivity contribution in [3.05, 3.63) is 101 Å². The third-order valence-corrected chi connectivity index (χ3v) is 5.53. The van der Waals surface area contributed by atoms with Gasteiger partial charge in [0, 0.05) is 18.1 Å². The molecule has 0 radical (unpaired) electrons. The number of carbonyl (C=O) groups is 1. The minimum atomic E-state index is -0.302. The standard InChI is InChI=1S/C27H26N2O3/c1-19-12-15-21(16-13-19)23-18-24(22-10-7-11-25(31-2)27(22)32-3)29(28-23)26(30)17-14-20-8-5-4-6-9-20/h4-17,24H,18H2,1-3H3/b17-14+/t24-/m1/s1. The van der Waals surface area contributed by atoms with Crippen LogP contribution in [0, 0.1) is 6.92 Å². The molecule has 0 fully saturated rings. The van der Waals surface area contributed by atoms with Crippen molar-refractivity contribution in [2.45, 2.75) is 19.4 Å². The fourth-order valence-electron chi connectivity index (χ4n) is 3.86. The lowest BCUT2D eigenvalue weighted by Gasteiger charge is -2.23. The van der Waals surface area contributed by atoms with Gasteiger partial charge in [0.15, 0.2) is 11.5 Å². The number of rotatable bonds is 6. The van der Waals surface area contributed by atoms with Crippen LogP contribution < -0.4 is 9.47 Å². The molecule has 5 nitrogen and oxygen atoms in total. The molecular weight excluding hydrogens is 400 g/mol. The van der Waals surface area contributed by atoms with Crippen LogP contribution in [0.2, 0.25) is 0 Å². The third kappa shape index (κ3) is 4.42. The number of carbonyl (C=O) groups excluding carboxylic acids is 1. The second kappa shape index (κ2) is 9.52. The van der Waals surface area contributed by atoms with Crippen molar-refractivity contribution in [1.29, 1.82) is 0 Å². The van der Waals surface area contributed by atoms with Crippen LogP contribution in [0.25, 0.3) is 6.08 Å².